The smallest absolute Gasteiger partial charge is 0.310 e. The van der Waals surface area contributed by atoms with Crippen molar-refractivity contribution in [3.63, 3.8) is 0 Å². The molecule has 3 heteroatoms. The van der Waals surface area contributed by atoms with Crippen molar-refractivity contribution in [2.24, 2.45) is 0 Å². The Balaban J connectivity index is 2.63. The molecule has 0 saturated heterocycles. The number of rotatable bonds is 3. The van der Waals surface area contributed by atoms with Crippen LogP contribution in [0.15, 0.2) is 24.3 Å². The fourth-order valence-electron chi connectivity index (χ4n) is 1.01. The Morgan fingerprint density at radius 3 is 2.77 bits per heavy atom. The van der Waals surface area contributed by atoms with Crippen molar-refractivity contribution in [3.8, 4) is 0 Å². The Bertz CT molecular complexity index is 297. The van der Waals surface area contributed by atoms with Crippen molar-refractivity contribution < 1.29 is 9.53 Å². The third kappa shape index (κ3) is 3.07. The van der Waals surface area contributed by atoms with E-state index in [1.54, 1.807) is 13.0 Å². The molecule has 0 unspecified atom stereocenters. The Kier molecular flexibility index (Phi) is 3.77. The highest BCUT2D eigenvalue weighted by molar-refractivity contribution is 6.31. The van der Waals surface area contributed by atoms with Crippen molar-refractivity contribution in [2.75, 3.05) is 6.61 Å². The molecule has 0 aliphatic rings. The van der Waals surface area contributed by atoms with Gasteiger partial charge in [0.1, 0.15) is 0 Å². The molecule has 0 bridgehead atoms. The minimum absolute atomic E-state index is 0.240. The van der Waals surface area contributed by atoms with Crippen molar-refractivity contribution in [2.45, 2.75) is 13.3 Å². The zero-order chi connectivity index (χ0) is 9.68. The molecule has 0 aromatic heterocycles. The van der Waals surface area contributed by atoms with E-state index in [2.05, 4.69) is 0 Å². The normalized spacial score (nSPS) is 9.69. The van der Waals surface area contributed by atoms with Crippen LogP contribution in [0.4, 0.5) is 0 Å². The lowest BCUT2D eigenvalue weighted by Crippen LogP contribution is -2.07. The van der Waals surface area contributed by atoms with Gasteiger partial charge in [-0.25, -0.2) is 0 Å². The third-order valence-electron chi connectivity index (χ3n) is 1.60. The predicted octanol–water partition coefficient (Wildman–Crippen LogP) is 2.45. The SMILES string of the molecule is CCOC(=O)Cc1ccccc1Cl. The van der Waals surface area contributed by atoms with Crippen molar-refractivity contribution >= 4 is 17.6 Å². The summed E-state index contributed by atoms with van der Waals surface area (Å²) in [4.78, 5) is 11.1. The average Bonchev–Trinajstić information content (AvgIpc) is 2.09. The van der Waals surface area contributed by atoms with Gasteiger partial charge in [-0.05, 0) is 18.6 Å². The maximum atomic E-state index is 11.1. The van der Waals surface area contributed by atoms with Gasteiger partial charge in [0.2, 0.25) is 0 Å². The summed E-state index contributed by atoms with van der Waals surface area (Å²) in [7, 11) is 0. The third-order valence-corrected chi connectivity index (χ3v) is 1.97. The van der Waals surface area contributed by atoms with E-state index in [4.69, 9.17) is 16.3 Å². The highest BCUT2D eigenvalue weighted by Crippen LogP contribution is 2.15. The maximum absolute atomic E-state index is 11.1. The van der Waals surface area contributed by atoms with E-state index in [0.717, 1.165) is 5.56 Å². The molecule has 0 radical (unpaired) electrons. The summed E-state index contributed by atoms with van der Waals surface area (Å²) >= 11 is 5.86. The molecule has 0 aliphatic heterocycles. The molecule has 1 aromatic carbocycles. The van der Waals surface area contributed by atoms with Crippen LogP contribution < -0.4 is 0 Å². The lowest BCUT2D eigenvalue weighted by Gasteiger charge is -2.03. The molecular formula is C10H11ClO2. The van der Waals surface area contributed by atoms with Crippen molar-refractivity contribution in [1.82, 2.24) is 0 Å². The van der Waals surface area contributed by atoms with Gasteiger partial charge in [-0.3, -0.25) is 4.79 Å². The zero-order valence-electron chi connectivity index (χ0n) is 7.42. The minimum atomic E-state index is -0.240. The maximum Gasteiger partial charge on any atom is 0.310 e. The summed E-state index contributed by atoms with van der Waals surface area (Å²) in [5, 5.41) is 0.607. The number of carbonyl (C=O) groups is 1. The molecule has 0 heterocycles. The Morgan fingerprint density at radius 1 is 1.46 bits per heavy atom. The highest BCUT2D eigenvalue weighted by Gasteiger charge is 2.06. The second kappa shape index (κ2) is 4.87. The first-order valence-electron chi connectivity index (χ1n) is 4.13. The standard InChI is InChI=1S/C10H11ClO2/c1-2-13-10(12)7-8-5-3-4-6-9(8)11/h3-6H,2,7H2,1H3. The van der Waals surface area contributed by atoms with Gasteiger partial charge < -0.3 is 4.74 Å². The number of carbonyl (C=O) groups excluding carboxylic acids is 1. The monoisotopic (exact) mass is 198 g/mol. The van der Waals surface area contributed by atoms with E-state index in [1.807, 2.05) is 18.2 Å². The molecule has 1 aromatic rings. The van der Waals surface area contributed by atoms with Crippen LogP contribution in [-0.4, -0.2) is 12.6 Å². The molecule has 70 valence electrons. The van der Waals surface area contributed by atoms with Crippen molar-refractivity contribution in [1.29, 1.82) is 0 Å². The van der Waals surface area contributed by atoms with E-state index in [-0.39, 0.29) is 12.4 Å². The van der Waals surface area contributed by atoms with Gasteiger partial charge in [0.05, 0.1) is 13.0 Å². The van der Waals surface area contributed by atoms with Crippen LogP contribution >= 0.6 is 11.6 Å². The highest BCUT2D eigenvalue weighted by atomic mass is 35.5. The van der Waals surface area contributed by atoms with E-state index in [1.165, 1.54) is 0 Å². The topological polar surface area (TPSA) is 26.3 Å². The molecule has 2 nitrogen and oxygen atoms in total. The Morgan fingerprint density at radius 2 is 2.15 bits per heavy atom. The first-order valence-corrected chi connectivity index (χ1v) is 4.51. The van der Waals surface area contributed by atoms with Crippen LogP contribution in [0.1, 0.15) is 12.5 Å². The molecule has 1 rings (SSSR count). The number of benzene rings is 1. The van der Waals surface area contributed by atoms with E-state index >= 15 is 0 Å². The summed E-state index contributed by atoms with van der Waals surface area (Å²) in [5.74, 6) is -0.240. The van der Waals surface area contributed by atoms with Crippen LogP contribution in [0.5, 0.6) is 0 Å². The number of ether oxygens (including phenoxy) is 1. The van der Waals surface area contributed by atoms with Gasteiger partial charge in [-0.1, -0.05) is 29.8 Å². The molecular weight excluding hydrogens is 188 g/mol. The van der Waals surface area contributed by atoms with Crippen LogP contribution in [0, 0.1) is 0 Å². The molecule has 0 saturated carbocycles. The quantitative estimate of drug-likeness (QED) is 0.698. The molecule has 0 spiro atoms. The summed E-state index contributed by atoms with van der Waals surface area (Å²) < 4.78 is 4.80. The number of esters is 1. The van der Waals surface area contributed by atoms with Crippen LogP contribution in [0.3, 0.4) is 0 Å². The van der Waals surface area contributed by atoms with Crippen LogP contribution in [0.25, 0.3) is 0 Å². The number of halogens is 1. The van der Waals surface area contributed by atoms with Gasteiger partial charge in [0, 0.05) is 5.02 Å². The minimum Gasteiger partial charge on any atom is -0.466 e. The number of hydrogen-bond donors (Lipinski definition) is 0. The van der Waals surface area contributed by atoms with Gasteiger partial charge >= 0.3 is 5.97 Å². The van der Waals surface area contributed by atoms with Crippen molar-refractivity contribution in [3.05, 3.63) is 34.9 Å². The van der Waals surface area contributed by atoms with Gasteiger partial charge in [-0.15, -0.1) is 0 Å². The summed E-state index contributed by atoms with van der Waals surface area (Å²) in [6, 6.07) is 7.26. The fourth-order valence-corrected chi connectivity index (χ4v) is 1.21. The van der Waals surface area contributed by atoms with Gasteiger partial charge in [0.15, 0.2) is 0 Å². The van der Waals surface area contributed by atoms with Gasteiger partial charge in [0.25, 0.3) is 0 Å². The lowest BCUT2D eigenvalue weighted by atomic mass is 10.1. The summed E-state index contributed by atoms with van der Waals surface area (Å²) in [5.41, 5.74) is 0.808. The summed E-state index contributed by atoms with van der Waals surface area (Å²) in [6.45, 7) is 2.19. The van der Waals surface area contributed by atoms with Crippen LogP contribution in [0.2, 0.25) is 5.02 Å². The first-order chi connectivity index (χ1) is 6.24. The molecule has 0 atom stereocenters. The zero-order valence-corrected chi connectivity index (χ0v) is 8.17. The largest absolute Gasteiger partial charge is 0.466 e. The fraction of sp³-hybridized carbons (Fsp3) is 0.300. The Hall–Kier alpha value is -1.02. The van der Waals surface area contributed by atoms with E-state index < -0.39 is 0 Å². The molecule has 13 heavy (non-hydrogen) atoms. The first kappa shape index (κ1) is 10.1. The second-order valence-electron chi connectivity index (χ2n) is 2.57. The second-order valence-corrected chi connectivity index (χ2v) is 2.98. The van der Waals surface area contributed by atoms with Crippen LogP contribution in [-0.2, 0) is 16.0 Å². The Labute approximate surface area is 82.5 Å². The van der Waals surface area contributed by atoms with E-state index in [9.17, 15) is 4.79 Å². The summed E-state index contributed by atoms with van der Waals surface area (Å²) in [6.07, 6.45) is 0.244. The molecule has 0 amide bonds. The van der Waals surface area contributed by atoms with E-state index in [0.29, 0.717) is 11.6 Å². The number of hydrogen-bond acceptors (Lipinski definition) is 2. The average molecular weight is 199 g/mol. The molecule has 0 aliphatic carbocycles. The predicted molar refractivity (Wildman–Crippen MR) is 51.8 cm³/mol. The lowest BCUT2D eigenvalue weighted by molar-refractivity contribution is -0.142. The molecule has 0 fully saturated rings. The van der Waals surface area contributed by atoms with Gasteiger partial charge in [-0.2, -0.15) is 0 Å². The molecule has 0 N–H and O–H groups in total.